The maximum absolute atomic E-state index is 14.1. The van der Waals surface area contributed by atoms with E-state index in [4.69, 9.17) is 0 Å². The van der Waals surface area contributed by atoms with E-state index in [9.17, 15) is 13.6 Å². The van der Waals surface area contributed by atoms with Gasteiger partial charge in [-0.05, 0) is 56.3 Å². The van der Waals surface area contributed by atoms with Crippen LogP contribution < -0.4 is 5.32 Å². The van der Waals surface area contributed by atoms with Gasteiger partial charge in [-0.3, -0.25) is 14.7 Å². The van der Waals surface area contributed by atoms with Crippen LogP contribution in [-0.2, 0) is 11.3 Å². The molecule has 148 valence electrons. The van der Waals surface area contributed by atoms with E-state index in [2.05, 4.69) is 15.2 Å². The van der Waals surface area contributed by atoms with Crippen molar-refractivity contribution >= 4 is 5.91 Å². The first-order chi connectivity index (χ1) is 13.6. The molecule has 1 aromatic heterocycles. The maximum atomic E-state index is 14.1. The lowest BCUT2D eigenvalue weighted by Crippen LogP contribution is -2.43. The van der Waals surface area contributed by atoms with Crippen molar-refractivity contribution in [1.29, 1.82) is 0 Å². The molecule has 1 aliphatic heterocycles. The Hall–Kier alpha value is -2.34. The van der Waals surface area contributed by atoms with Crippen LogP contribution >= 0.6 is 0 Å². The van der Waals surface area contributed by atoms with Crippen LogP contribution in [0.3, 0.4) is 0 Å². The molecule has 28 heavy (non-hydrogen) atoms. The molecule has 2 heterocycles. The van der Waals surface area contributed by atoms with Crippen molar-refractivity contribution in [3.8, 4) is 0 Å². The number of aromatic nitrogens is 1. The van der Waals surface area contributed by atoms with Gasteiger partial charge in [-0.25, -0.2) is 8.78 Å². The van der Waals surface area contributed by atoms with E-state index in [0.717, 1.165) is 44.0 Å². The first kappa shape index (κ1) is 19.0. The number of carbonyl (C=O) groups excluding carboxylic acids is 1. The average Bonchev–Trinajstić information content (AvgIpc) is 3.56. The molecule has 1 aromatic carbocycles. The lowest BCUT2D eigenvalue weighted by atomic mass is 9.88. The number of nitrogens with zero attached hydrogens (tertiary/aromatic N) is 2. The molecule has 1 aliphatic carbocycles. The third-order valence-electron chi connectivity index (χ3n) is 5.69. The first-order valence-corrected chi connectivity index (χ1v) is 9.98. The van der Waals surface area contributed by atoms with Crippen LogP contribution in [0.25, 0.3) is 0 Å². The summed E-state index contributed by atoms with van der Waals surface area (Å²) < 4.78 is 27.6. The van der Waals surface area contributed by atoms with E-state index in [1.165, 1.54) is 0 Å². The minimum atomic E-state index is -0.811. The summed E-state index contributed by atoms with van der Waals surface area (Å²) in [6, 6.07) is 9.90. The summed E-state index contributed by atoms with van der Waals surface area (Å²) in [5, 5.41) is 3.21. The number of pyridine rings is 1. The Kier molecular flexibility index (Phi) is 5.67. The van der Waals surface area contributed by atoms with E-state index in [1.807, 2.05) is 18.2 Å². The lowest BCUT2D eigenvalue weighted by molar-refractivity contribution is -0.123. The van der Waals surface area contributed by atoms with Gasteiger partial charge in [-0.15, -0.1) is 0 Å². The summed E-state index contributed by atoms with van der Waals surface area (Å²) in [6.07, 6.45) is 5.57. The second kappa shape index (κ2) is 8.35. The van der Waals surface area contributed by atoms with Gasteiger partial charge in [-0.2, -0.15) is 0 Å². The van der Waals surface area contributed by atoms with E-state index in [0.29, 0.717) is 18.7 Å². The lowest BCUT2D eigenvalue weighted by Gasteiger charge is -2.37. The SMILES string of the molecule is O=C(N[C@@H](c1ccccn1)[C@@H]1CCCN(Cc2cccc(F)c2F)C1)C1CC1. The van der Waals surface area contributed by atoms with Crippen LogP contribution in [0.1, 0.15) is 43.0 Å². The molecule has 0 spiro atoms. The Morgan fingerprint density at radius 2 is 2.04 bits per heavy atom. The zero-order valence-electron chi connectivity index (χ0n) is 15.8. The van der Waals surface area contributed by atoms with Crippen LogP contribution in [-0.4, -0.2) is 28.9 Å². The highest BCUT2D eigenvalue weighted by Gasteiger charge is 2.35. The molecule has 1 amide bonds. The quantitative estimate of drug-likeness (QED) is 0.822. The third kappa shape index (κ3) is 4.38. The van der Waals surface area contributed by atoms with Crippen LogP contribution in [0, 0.1) is 23.5 Å². The number of halogens is 2. The van der Waals surface area contributed by atoms with E-state index < -0.39 is 11.6 Å². The number of hydrogen-bond acceptors (Lipinski definition) is 3. The number of hydrogen-bond donors (Lipinski definition) is 1. The zero-order valence-corrected chi connectivity index (χ0v) is 15.8. The molecule has 0 bridgehead atoms. The Morgan fingerprint density at radius 3 is 2.79 bits per heavy atom. The summed E-state index contributed by atoms with van der Waals surface area (Å²) in [5.74, 6) is -1.17. The highest BCUT2D eigenvalue weighted by atomic mass is 19.2. The fourth-order valence-corrected chi connectivity index (χ4v) is 4.03. The van der Waals surface area contributed by atoms with Gasteiger partial charge in [0.1, 0.15) is 0 Å². The smallest absolute Gasteiger partial charge is 0.223 e. The third-order valence-corrected chi connectivity index (χ3v) is 5.69. The molecular formula is C22H25F2N3O. The van der Waals surface area contributed by atoms with Gasteiger partial charge in [0.2, 0.25) is 5.91 Å². The minimum Gasteiger partial charge on any atom is -0.347 e. The molecule has 1 saturated heterocycles. The van der Waals surface area contributed by atoms with E-state index in [-0.39, 0.29) is 23.8 Å². The molecule has 4 nitrogen and oxygen atoms in total. The Balaban J connectivity index is 1.49. The molecule has 1 saturated carbocycles. The molecular weight excluding hydrogens is 360 g/mol. The van der Waals surface area contributed by atoms with Crippen molar-refractivity contribution in [1.82, 2.24) is 15.2 Å². The van der Waals surface area contributed by atoms with Crippen LogP contribution in [0.2, 0.25) is 0 Å². The highest BCUT2D eigenvalue weighted by Crippen LogP contribution is 2.33. The van der Waals surface area contributed by atoms with Gasteiger partial charge >= 0.3 is 0 Å². The van der Waals surface area contributed by atoms with Crippen molar-refractivity contribution in [3.05, 3.63) is 65.5 Å². The molecule has 1 N–H and O–H groups in total. The molecule has 2 fully saturated rings. The summed E-state index contributed by atoms with van der Waals surface area (Å²) >= 11 is 0. The van der Waals surface area contributed by atoms with Gasteiger partial charge in [0.15, 0.2) is 11.6 Å². The van der Waals surface area contributed by atoms with Crippen molar-refractivity contribution in [2.75, 3.05) is 13.1 Å². The minimum absolute atomic E-state index is 0.101. The molecule has 2 aliphatic rings. The normalized spacial score (nSPS) is 21.3. The van der Waals surface area contributed by atoms with Gasteiger partial charge < -0.3 is 5.32 Å². The summed E-state index contributed by atoms with van der Waals surface area (Å²) in [5.41, 5.74) is 1.23. The number of nitrogens with one attached hydrogen (secondary N) is 1. The van der Waals surface area contributed by atoms with Crippen LogP contribution in [0.4, 0.5) is 8.78 Å². The fourth-order valence-electron chi connectivity index (χ4n) is 4.03. The first-order valence-electron chi connectivity index (χ1n) is 9.98. The molecule has 6 heteroatoms. The number of benzene rings is 1. The topological polar surface area (TPSA) is 45.2 Å². The number of rotatable bonds is 6. The number of likely N-dealkylation sites (tertiary alicyclic amines) is 1. The standard InChI is InChI=1S/C22H25F2N3O/c23-18-7-3-5-16(20(18)24)13-27-12-4-6-17(14-27)21(19-8-1-2-11-25-19)26-22(28)15-9-10-15/h1-3,5,7-8,11,15,17,21H,4,6,9-10,12-14H2,(H,26,28)/t17-,21-/m1/s1. The predicted molar refractivity (Wildman–Crippen MR) is 102 cm³/mol. The molecule has 0 radical (unpaired) electrons. The molecule has 2 atom stereocenters. The highest BCUT2D eigenvalue weighted by molar-refractivity contribution is 5.81. The zero-order chi connectivity index (χ0) is 19.5. The van der Waals surface area contributed by atoms with Crippen molar-refractivity contribution in [2.24, 2.45) is 11.8 Å². The predicted octanol–water partition coefficient (Wildman–Crippen LogP) is 3.84. The number of piperidine rings is 1. The van der Waals surface area contributed by atoms with Gasteiger partial charge in [0.05, 0.1) is 11.7 Å². The number of amides is 1. The van der Waals surface area contributed by atoms with Gasteiger partial charge in [0.25, 0.3) is 0 Å². The second-order valence-electron chi connectivity index (χ2n) is 7.87. The Labute approximate surface area is 164 Å². The number of carbonyl (C=O) groups is 1. The summed E-state index contributed by atoms with van der Waals surface area (Å²) in [7, 11) is 0. The Morgan fingerprint density at radius 1 is 1.18 bits per heavy atom. The van der Waals surface area contributed by atoms with Crippen LogP contribution in [0.15, 0.2) is 42.6 Å². The largest absolute Gasteiger partial charge is 0.347 e. The summed E-state index contributed by atoms with van der Waals surface area (Å²) in [6.45, 7) is 1.91. The molecule has 4 rings (SSSR count). The van der Waals surface area contributed by atoms with E-state index >= 15 is 0 Å². The molecule has 0 unspecified atom stereocenters. The fraction of sp³-hybridized carbons (Fsp3) is 0.455. The van der Waals surface area contributed by atoms with Crippen molar-refractivity contribution < 1.29 is 13.6 Å². The van der Waals surface area contributed by atoms with Crippen molar-refractivity contribution in [3.63, 3.8) is 0 Å². The monoisotopic (exact) mass is 385 g/mol. The Bertz CT molecular complexity index is 826. The van der Waals surface area contributed by atoms with Gasteiger partial charge in [-0.1, -0.05) is 18.2 Å². The van der Waals surface area contributed by atoms with Crippen LogP contribution in [0.5, 0.6) is 0 Å². The maximum Gasteiger partial charge on any atom is 0.223 e. The second-order valence-corrected chi connectivity index (χ2v) is 7.87. The van der Waals surface area contributed by atoms with Gasteiger partial charge in [0, 0.05) is 30.8 Å². The molecule has 2 aromatic rings. The van der Waals surface area contributed by atoms with Crippen molar-refractivity contribution in [2.45, 2.75) is 38.3 Å². The van der Waals surface area contributed by atoms with E-state index in [1.54, 1.807) is 18.3 Å². The summed E-state index contributed by atoms with van der Waals surface area (Å²) in [4.78, 5) is 19.1. The average molecular weight is 385 g/mol.